The second kappa shape index (κ2) is 6.72. The van der Waals surface area contributed by atoms with Crippen LogP contribution in [0.5, 0.6) is 0 Å². The molecule has 0 unspecified atom stereocenters. The molecule has 126 valence electrons. The number of nitrogens with two attached hydrogens (primary N) is 1. The van der Waals surface area contributed by atoms with Crippen molar-refractivity contribution in [2.45, 2.75) is 0 Å². The van der Waals surface area contributed by atoms with Gasteiger partial charge in [0.05, 0.1) is 5.69 Å². The van der Waals surface area contributed by atoms with Gasteiger partial charge in [0.25, 0.3) is 0 Å². The molecule has 2 N–H and O–H groups in total. The predicted octanol–water partition coefficient (Wildman–Crippen LogP) is 4.59. The van der Waals surface area contributed by atoms with E-state index in [0.717, 1.165) is 27.9 Å². The van der Waals surface area contributed by atoms with Gasteiger partial charge in [-0.15, -0.1) is 0 Å². The lowest BCUT2D eigenvalue weighted by molar-refractivity contribution is 0.628. The SMILES string of the molecule is Nc1ccc(-c2ncc(-c3ccc(F)cc3)c(-c3ccncc3)n2)cc1. The first-order valence-electron chi connectivity index (χ1n) is 8.10. The molecule has 4 rings (SSSR count). The highest BCUT2D eigenvalue weighted by molar-refractivity contribution is 5.81. The lowest BCUT2D eigenvalue weighted by Crippen LogP contribution is -1.96. The van der Waals surface area contributed by atoms with E-state index in [2.05, 4.69) is 9.97 Å². The van der Waals surface area contributed by atoms with Crippen LogP contribution in [-0.4, -0.2) is 15.0 Å². The number of rotatable bonds is 3. The summed E-state index contributed by atoms with van der Waals surface area (Å²) in [5, 5.41) is 0. The van der Waals surface area contributed by atoms with E-state index in [0.29, 0.717) is 11.5 Å². The highest BCUT2D eigenvalue weighted by atomic mass is 19.1. The number of hydrogen-bond donors (Lipinski definition) is 1. The Morgan fingerprint density at radius 1 is 0.731 bits per heavy atom. The molecule has 5 heteroatoms. The summed E-state index contributed by atoms with van der Waals surface area (Å²) in [5.74, 6) is 0.321. The summed E-state index contributed by atoms with van der Waals surface area (Å²) in [7, 11) is 0. The molecular weight excluding hydrogens is 327 g/mol. The monoisotopic (exact) mass is 342 g/mol. The smallest absolute Gasteiger partial charge is 0.159 e. The van der Waals surface area contributed by atoms with Gasteiger partial charge in [0.15, 0.2) is 5.82 Å². The van der Waals surface area contributed by atoms with Crippen LogP contribution in [-0.2, 0) is 0 Å². The van der Waals surface area contributed by atoms with Crippen molar-refractivity contribution in [1.29, 1.82) is 0 Å². The summed E-state index contributed by atoms with van der Waals surface area (Å²) in [6.45, 7) is 0. The number of hydrogen-bond acceptors (Lipinski definition) is 4. The van der Waals surface area contributed by atoms with Crippen LogP contribution in [0.4, 0.5) is 10.1 Å². The topological polar surface area (TPSA) is 64.7 Å². The van der Waals surface area contributed by atoms with Crippen molar-refractivity contribution in [3.63, 3.8) is 0 Å². The predicted molar refractivity (Wildman–Crippen MR) is 101 cm³/mol. The van der Waals surface area contributed by atoms with E-state index in [9.17, 15) is 4.39 Å². The number of nitrogens with zero attached hydrogens (tertiary/aromatic N) is 3. The van der Waals surface area contributed by atoms with Gasteiger partial charge in [0.2, 0.25) is 0 Å². The van der Waals surface area contributed by atoms with E-state index < -0.39 is 0 Å². The Morgan fingerprint density at radius 3 is 2.08 bits per heavy atom. The number of benzene rings is 2. The molecule has 0 spiro atoms. The van der Waals surface area contributed by atoms with Crippen molar-refractivity contribution in [3.05, 3.63) is 85.1 Å². The molecule has 0 aliphatic rings. The average Bonchev–Trinajstić information content (AvgIpc) is 2.69. The molecule has 2 aromatic carbocycles. The highest BCUT2D eigenvalue weighted by Gasteiger charge is 2.13. The minimum absolute atomic E-state index is 0.279. The summed E-state index contributed by atoms with van der Waals surface area (Å²) in [6.07, 6.45) is 5.20. The van der Waals surface area contributed by atoms with Crippen molar-refractivity contribution >= 4 is 5.69 Å². The lowest BCUT2D eigenvalue weighted by Gasteiger charge is -2.11. The lowest BCUT2D eigenvalue weighted by atomic mass is 10.0. The van der Waals surface area contributed by atoms with Gasteiger partial charge >= 0.3 is 0 Å². The standard InChI is InChI=1S/C21H15FN4/c22-17-5-1-14(2-6-17)19-13-25-21(16-3-7-18(23)8-4-16)26-20(19)15-9-11-24-12-10-15/h1-13H,23H2. The van der Waals surface area contributed by atoms with Crippen LogP contribution in [0.2, 0.25) is 0 Å². The van der Waals surface area contributed by atoms with Crippen LogP contribution in [0.15, 0.2) is 79.3 Å². The molecule has 0 atom stereocenters. The first-order chi connectivity index (χ1) is 12.7. The van der Waals surface area contributed by atoms with Crippen molar-refractivity contribution in [1.82, 2.24) is 15.0 Å². The maximum atomic E-state index is 13.3. The maximum absolute atomic E-state index is 13.3. The van der Waals surface area contributed by atoms with Crippen molar-refractivity contribution in [2.75, 3.05) is 5.73 Å². The van der Waals surface area contributed by atoms with E-state index in [1.54, 1.807) is 30.7 Å². The van der Waals surface area contributed by atoms with E-state index in [-0.39, 0.29) is 5.82 Å². The number of nitrogen functional groups attached to an aromatic ring is 1. The second-order valence-electron chi connectivity index (χ2n) is 5.82. The van der Waals surface area contributed by atoms with Gasteiger partial charge in [0, 0.05) is 41.0 Å². The third-order valence-corrected chi connectivity index (χ3v) is 4.07. The minimum Gasteiger partial charge on any atom is -0.399 e. The highest BCUT2D eigenvalue weighted by Crippen LogP contribution is 2.31. The van der Waals surface area contributed by atoms with Crippen LogP contribution in [0.3, 0.4) is 0 Å². The number of anilines is 1. The number of halogens is 1. The van der Waals surface area contributed by atoms with Crippen molar-refractivity contribution < 1.29 is 4.39 Å². The molecule has 4 aromatic rings. The largest absolute Gasteiger partial charge is 0.399 e. The van der Waals surface area contributed by atoms with Crippen molar-refractivity contribution in [2.24, 2.45) is 0 Å². The first-order valence-corrected chi connectivity index (χ1v) is 8.10. The van der Waals surface area contributed by atoms with Gasteiger partial charge in [-0.25, -0.2) is 14.4 Å². The zero-order valence-corrected chi connectivity index (χ0v) is 13.8. The maximum Gasteiger partial charge on any atom is 0.159 e. The van der Waals surface area contributed by atoms with Gasteiger partial charge in [-0.3, -0.25) is 4.98 Å². The number of pyridine rings is 1. The van der Waals surface area contributed by atoms with Crippen LogP contribution in [0.25, 0.3) is 33.8 Å². The van der Waals surface area contributed by atoms with Crippen LogP contribution < -0.4 is 5.73 Å². The Labute approximate surface area is 150 Å². The fourth-order valence-corrected chi connectivity index (χ4v) is 2.72. The molecular formula is C21H15FN4. The Kier molecular flexibility index (Phi) is 4.11. The summed E-state index contributed by atoms with van der Waals surface area (Å²) < 4.78 is 13.3. The third-order valence-electron chi connectivity index (χ3n) is 4.07. The molecule has 0 fully saturated rings. The second-order valence-corrected chi connectivity index (χ2v) is 5.82. The Bertz CT molecular complexity index is 1030. The van der Waals surface area contributed by atoms with E-state index in [1.165, 1.54) is 12.1 Å². The zero-order valence-electron chi connectivity index (χ0n) is 13.8. The molecule has 0 radical (unpaired) electrons. The van der Waals surface area contributed by atoms with Crippen LogP contribution in [0.1, 0.15) is 0 Å². The minimum atomic E-state index is -0.279. The fourth-order valence-electron chi connectivity index (χ4n) is 2.72. The normalized spacial score (nSPS) is 10.7. The van der Waals surface area contributed by atoms with E-state index >= 15 is 0 Å². The average molecular weight is 342 g/mol. The zero-order chi connectivity index (χ0) is 17.9. The molecule has 0 aliphatic heterocycles. The molecule has 2 aromatic heterocycles. The van der Waals surface area contributed by atoms with E-state index in [4.69, 9.17) is 10.7 Å². The summed E-state index contributed by atoms with van der Waals surface area (Å²) in [4.78, 5) is 13.3. The molecule has 0 amide bonds. The first kappa shape index (κ1) is 15.9. The molecule has 0 bridgehead atoms. The van der Waals surface area contributed by atoms with Crippen molar-refractivity contribution in [3.8, 4) is 33.8 Å². The van der Waals surface area contributed by atoms with Crippen LogP contribution in [0, 0.1) is 5.82 Å². The third kappa shape index (κ3) is 3.15. The fraction of sp³-hybridized carbons (Fsp3) is 0. The summed E-state index contributed by atoms with van der Waals surface area (Å²) in [6, 6.07) is 17.5. The summed E-state index contributed by atoms with van der Waals surface area (Å²) >= 11 is 0. The van der Waals surface area contributed by atoms with Gasteiger partial charge in [-0.2, -0.15) is 0 Å². The Morgan fingerprint density at radius 2 is 1.38 bits per heavy atom. The van der Waals surface area contributed by atoms with Crippen LogP contribution >= 0.6 is 0 Å². The number of aromatic nitrogens is 3. The van der Waals surface area contributed by atoms with E-state index in [1.807, 2.05) is 36.4 Å². The van der Waals surface area contributed by atoms with Gasteiger partial charge < -0.3 is 5.73 Å². The van der Waals surface area contributed by atoms with Gasteiger partial charge in [-0.05, 0) is 54.1 Å². The van der Waals surface area contributed by atoms with Gasteiger partial charge in [-0.1, -0.05) is 12.1 Å². The molecule has 26 heavy (non-hydrogen) atoms. The van der Waals surface area contributed by atoms with Gasteiger partial charge in [0.1, 0.15) is 5.82 Å². The quantitative estimate of drug-likeness (QED) is 0.553. The molecule has 0 saturated heterocycles. The summed E-state index contributed by atoms with van der Waals surface area (Å²) in [5.41, 5.74) is 10.7. The Hall–Kier alpha value is -3.60. The Balaban J connectivity index is 1.89. The molecule has 0 saturated carbocycles. The molecule has 4 nitrogen and oxygen atoms in total. The molecule has 0 aliphatic carbocycles. The molecule has 2 heterocycles.